The molecular weight excluding hydrogens is 210 g/mol. The van der Waals surface area contributed by atoms with E-state index in [0.717, 1.165) is 0 Å². The van der Waals surface area contributed by atoms with Crippen molar-refractivity contribution < 1.29 is 24.9 Å². The average Bonchev–Trinajstić information content (AvgIpc) is 2.30. The van der Waals surface area contributed by atoms with Crippen LogP contribution in [0.15, 0.2) is 0 Å². The third-order valence-electron chi connectivity index (χ3n) is 2.51. The minimum atomic E-state index is 0.0332. The summed E-state index contributed by atoms with van der Waals surface area (Å²) in [7, 11) is 0. The zero-order valence-electron chi connectivity index (χ0n) is 10.6. The second-order valence-corrected chi connectivity index (χ2v) is 3.48. The Morgan fingerprint density at radius 1 is 0.625 bits per heavy atom. The molecule has 0 unspecified atom stereocenters. The summed E-state index contributed by atoms with van der Waals surface area (Å²) >= 11 is 0. The summed E-state index contributed by atoms with van der Waals surface area (Å²) in [5.41, 5.74) is 0. The van der Waals surface area contributed by atoms with Gasteiger partial charge in [0.1, 0.15) is 19.6 Å². The van der Waals surface area contributed by atoms with Crippen LogP contribution in [0.1, 0.15) is 20.3 Å². The van der Waals surface area contributed by atoms with Crippen LogP contribution in [-0.4, -0.2) is 77.5 Å². The van der Waals surface area contributed by atoms with Crippen molar-refractivity contribution in [1.82, 2.24) is 0 Å². The van der Waals surface area contributed by atoms with Crippen LogP contribution in [0.4, 0.5) is 0 Å². The molecule has 0 atom stereocenters. The smallest absolute Gasteiger partial charge is 0.102 e. The Bertz CT molecular complexity index is 116. The van der Waals surface area contributed by atoms with Crippen LogP contribution in [-0.2, 0) is 0 Å². The van der Waals surface area contributed by atoms with Gasteiger partial charge in [-0.25, -0.2) is 0 Å². The third kappa shape index (κ3) is 8.01. The molecule has 0 aliphatic carbocycles. The molecule has 0 amide bonds. The molecule has 0 rings (SSSR count). The second kappa shape index (κ2) is 12.9. The van der Waals surface area contributed by atoms with Gasteiger partial charge in [0, 0.05) is 13.0 Å². The monoisotopic (exact) mass is 238 g/mol. The minimum absolute atomic E-state index is 0.0332. The first-order chi connectivity index (χ1) is 7.74. The van der Waals surface area contributed by atoms with E-state index in [2.05, 4.69) is 0 Å². The van der Waals surface area contributed by atoms with Crippen molar-refractivity contribution in [1.29, 1.82) is 0 Å². The number of rotatable bonds is 9. The van der Waals surface area contributed by atoms with Gasteiger partial charge in [-0.3, -0.25) is 0 Å². The van der Waals surface area contributed by atoms with E-state index in [1.165, 1.54) is 0 Å². The number of hydrogen-bond acceptors (Lipinski definition) is 4. The lowest BCUT2D eigenvalue weighted by Gasteiger charge is -2.37. The molecule has 0 aliphatic heterocycles. The quantitative estimate of drug-likeness (QED) is 0.396. The van der Waals surface area contributed by atoms with E-state index in [-0.39, 0.29) is 26.4 Å². The van der Waals surface area contributed by atoms with Gasteiger partial charge < -0.3 is 24.9 Å². The van der Waals surface area contributed by atoms with Gasteiger partial charge in [0.05, 0.1) is 26.4 Å². The van der Waals surface area contributed by atoms with E-state index < -0.39 is 0 Å². The maximum Gasteiger partial charge on any atom is 0.102 e. The fourth-order valence-corrected chi connectivity index (χ4v) is 1.71. The van der Waals surface area contributed by atoms with Gasteiger partial charge in [0.15, 0.2) is 0 Å². The molecular formula is C11H28NO4+. The Kier molecular flexibility index (Phi) is 14.6. The van der Waals surface area contributed by atoms with Crippen molar-refractivity contribution in [3.8, 4) is 0 Å². The summed E-state index contributed by atoms with van der Waals surface area (Å²) in [5.74, 6) is 0. The summed E-state index contributed by atoms with van der Waals surface area (Å²) in [6.45, 7) is 6.42. The van der Waals surface area contributed by atoms with Gasteiger partial charge in [-0.15, -0.1) is 0 Å². The van der Waals surface area contributed by atoms with E-state index in [1.807, 2.05) is 13.8 Å². The Hall–Kier alpha value is -0.200. The van der Waals surface area contributed by atoms with Crippen LogP contribution >= 0.6 is 0 Å². The zero-order valence-corrected chi connectivity index (χ0v) is 10.6. The first kappa shape index (κ1) is 18.2. The first-order valence-corrected chi connectivity index (χ1v) is 6.03. The number of hydrogen-bond donors (Lipinski definition) is 4. The summed E-state index contributed by atoms with van der Waals surface area (Å²) in [6.07, 6.45) is 0.625. The molecule has 16 heavy (non-hydrogen) atoms. The molecule has 0 spiro atoms. The van der Waals surface area contributed by atoms with Crippen LogP contribution in [0.2, 0.25) is 0 Å². The van der Waals surface area contributed by atoms with Crippen molar-refractivity contribution >= 4 is 0 Å². The number of aliphatic hydroxyl groups excluding tert-OH is 4. The fourth-order valence-electron chi connectivity index (χ4n) is 1.71. The Morgan fingerprint density at radius 2 is 1.00 bits per heavy atom. The second-order valence-electron chi connectivity index (χ2n) is 3.48. The molecule has 0 radical (unpaired) electrons. The Morgan fingerprint density at radius 3 is 1.25 bits per heavy atom. The number of aliphatic hydroxyl groups is 4. The molecule has 0 heterocycles. The summed E-state index contributed by atoms with van der Waals surface area (Å²) in [6, 6.07) is 0. The Labute approximate surface area is 98.5 Å². The molecule has 5 nitrogen and oxygen atoms in total. The zero-order chi connectivity index (χ0) is 12.9. The van der Waals surface area contributed by atoms with Crippen LogP contribution in [0.3, 0.4) is 0 Å². The van der Waals surface area contributed by atoms with Crippen LogP contribution in [0.5, 0.6) is 0 Å². The van der Waals surface area contributed by atoms with E-state index in [9.17, 15) is 0 Å². The minimum Gasteiger partial charge on any atom is -0.396 e. The van der Waals surface area contributed by atoms with Gasteiger partial charge in [-0.05, 0) is 0 Å². The molecule has 0 aliphatic rings. The SMILES string of the molecule is CC.OCCC[N+](CCO)(CCO)CCO. The van der Waals surface area contributed by atoms with Gasteiger partial charge in [-0.2, -0.15) is 0 Å². The topological polar surface area (TPSA) is 80.9 Å². The van der Waals surface area contributed by atoms with Gasteiger partial charge >= 0.3 is 0 Å². The van der Waals surface area contributed by atoms with E-state index >= 15 is 0 Å². The van der Waals surface area contributed by atoms with Crippen LogP contribution in [0, 0.1) is 0 Å². The molecule has 5 heteroatoms. The maximum absolute atomic E-state index is 8.91. The molecule has 0 bridgehead atoms. The largest absolute Gasteiger partial charge is 0.396 e. The highest BCUT2D eigenvalue weighted by molar-refractivity contribution is 4.45. The lowest BCUT2D eigenvalue weighted by molar-refractivity contribution is -0.929. The van der Waals surface area contributed by atoms with Gasteiger partial charge in [0.2, 0.25) is 0 Å². The molecule has 4 N–H and O–H groups in total. The van der Waals surface area contributed by atoms with E-state index in [0.29, 0.717) is 37.1 Å². The molecule has 100 valence electrons. The maximum atomic E-state index is 8.91. The van der Waals surface area contributed by atoms with E-state index in [4.69, 9.17) is 20.4 Å². The third-order valence-corrected chi connectivity index (χ3v) is 2.51. The molecule has 0 saturated heterocycles. The molecule has 0 fully saturated rings. The highest BCUT2D eigenvalue weighted by Crippen LogP contribution is 2.07. The number of quaternary nitrogens is 1. The molecule has 0 aromatic carbocycles. The predicted molar refractivity (Wildman–Crippen MR) is 64.0 cm³/mol. The van der Waals surface area contributed by atoms with Gasteiger partial charge in [-0.1, -0.05) is 13.8 Å². The van der Waals surface area contributed by atoms with Crippen molar-refractivity contribution in [3.63, 3.8) is 0 Å². The van der Waals surface area contributed by atoms with Crippen LogP contribution in [0.25, 0.3) is 0 Å². The lowest BCUT2D eigenvalue weighted by atomic mass is 10.2. The predicted octanol–water partition coefficient (Wildman–Crippen LogP) is -0.811. The normalized spacial score (nSPS) is 10.9. The molecule has 0 saturated carbocycles. The lowest BCUT2D eigenvalue weighted by Crippen LogP contribution is -2.54. The van der Waals surface area contributed by atoms with Crippen molar-refractivity contribution in [2.75, 3.05) is 52.6 Å². The number of nitrogens with zero attached hydrogens (tertiary/aromatic N) is 1. The van der Waals surface area contributed by atoms with Gasteiger partial charge in [0.25, 0.3) is 0 Å². The molecule has 0 aromatic rings. The fraction of sp³-hybridized carbons (Fsp3) is 1.00. The highest BCUT2D eigenvalue weighted by Gasteiger charge is 2.24. The van der Waals surface area contributed by atoms with Crippen molar-refractivity contribution in [2.45, 2.75) is 20.3 Å². The van der Waals surface area contributed by atoms with Crippen LogP contribution < -0.4 is 0 Å². The summed E-state index contributed by atoms with van der Waals surface area (Å²) in [4.78, 5) is 0. The highest BCUT2D eigenvalue weighted by atomic mass is 16.3. The van der Waals surface area contributed by atoms with E-state index in [1.54, 1.807) is 0 Å². The summed E-state index contributed by atoms with van der Waals surface area (Å²) in [5, 5.41) is 35.5. The average molecular weight is 238 g/mol. The van der Waals surface area contributed by atoms with Crippen molar-refractivity contribution in [2.24, 2.45) is 0 Å². The van der Waals surface area contributed by atoms with Crippen molar-refractivity contribution in [3.05, 3.63) is 0 Å². The first-order valence-electron chi connectivity index (χ1n) is 6.03. The Balaban J connectivity index is 0. The standard InChI is InChI=1S/C9H22NO4.C2H6/c11-6-1-2-10(3-7-12,4-8-13)5-9-14;1-2/h11-14H,1-9H2;1-2H3/q+1;. The summed E-state index contributed by atoms with van der Waals surface area (Å²) < 4.78 is 0.476. The molecule has 0 aromatic heterocycles.